The molecule has 6 rings (SSSR count). The lowest BCUT2D eigenvalue weighted by Gasteiger charge is -2.30. The van der Waals surface area contributed by atoms with Gasteiger partial charge in [0.05, 0.1) is 38.6 Å². The molecule has 1 aliphatic heterocycles. The van der Waals surface area contributed by atoms with Crippen LogP contribution in [0.25, 0.3) is 0 Å². The van der Waals surface area contributed by atoms with Gasteiger partial charge in [-0.2, -0.15) is 0 Å². The van der Waals surface area contributed by atoms with Gasteiger partial charge in [0.15, 0.2) is 0 Å². The number of alkyl carbamates (subject to hydrolysis) is 1. The molecule has 246 valence electrons. The van der Waals surface area contributed by atoms with Crippen molar-refractivity contribution in [3.05, 3.63) is 149 Å². The highest BCUT2D eigenvalue weighted by molar-refractivity contribution is 5.98. The molecule has 1 aromatic heterocycles. The molecule has 0 spiro atoms. The van der Waals surface area contributed by atoms with E-state index in [1.807, 2.05) is 114 Å². The second-order valence-corrected chi connectivity index (χ2v) is 11.8. The van der Waals surface area contributed by atoms with Gasteiger partial charge in [-0.3, -0.25) is 4.79 Å². The minimum atomic E-state index is -0.941. The molecule has 0 bridgehead atoms. The first-order valence-electron chi connectivity index (χ1n) is 16.2. The second-order valence-electron chi connectivity index (χ2n) is 11.8. The summed E-state index contributed by atoms with van der Waals surface area (Å²) >= 11 is 0. The van der Waals surface area contributed by atoms with Crippen LogP contribution in [0.1, 0.15) is 46.3 Å². The predicted molar refractivity (Wildman–Crippen MR) is 183 cm³/mol. The van der Waals surface area contributed by atoms with Crippen molar-refractivity contribution in [3.63, 3.8) is 0 Å². The van der Waals surface area contributed by atoms with E-state index in [2.05, 4.69) is 38.4 Å². The molecule has 3 N–H and O–H groups in total. The van der Waals surface area contributed by atoms with E-state index >= 15 is 0 Å². The molecule has 4 aromatic carbocycles. The average molecular weight is 645 g/mol. The number of para-hydroxylation sites is 1. The fourth-order valence-corrected chi connectivity index (χ4v) is 6.09. The minimum absolute atomic E-state index is 0.00125. The van der Waals surface area contributed by atoms with Crippen LogP contribution in [0.2, 0.25) is 0 Å². The zero-order valence-electron chi connectivity index (χ0n) is 26.9. The Hall–Kier alpha value is -5.32. The van der Waals surface area contributed by atoms with E-state index in [1.165, 1.54) is 12.7 Å². The van der Waals surface area contributed by atoms with Crippen molar-refractivity contribution < 1.29 is 19.1 Å². The van der Waals surface area contributed by atoms with Crippen LogP contribution < -0.4 is 16.0 Å². The summed E-state index contributed by atoms with van der Waals surface area (Å²) in [6, 6.07) is 36.3. The number of hydrogen-bond acceptors (Lipinski definition) is 7. The molecular formula is C38H40N6O4. The van der Waals surface area contributed by atoms with Gasteiger partial charge >= 0.3 is 6.09 Å². The second kappa shape index (κ2) is 16.0. The van der Waals surface area contributed by atoms with E-state index in [-0.39, 0.29) is 18.1 Å². The molecule has 1 fully saturated rings. The molecule has 2 amide bonds. The molecule has 0 radical (unpaired) electrons. The van der Waals surface area contributed by atoms with Crippen LogP contribution >= 0.6 is 0 Å². The molecule has 2 heterocycles. The Kier molecular flexibility index (Phi) is 10.9. The topological polar surface area (TPSA) is 119 Å². The molecule has 5 aromatic rings. The molecule has 10 nitrogen and oxygen atoms in total. The first-order valence-corrected chi connectivity index (χ1v) is 16.2. The quantitative estimate of drug-likeness (QED) is 0.165. The van der Waals surface area contributed by atoms with Crippen molar-refractivity contribution >= 4 is 17.7 Å². The van der Waals surface area contributed by atoms with Crippen molar-refractivity contribution in [1.82, 2.24) is 25.6 Å². The van der Waals surface area contributed by atoms with E-state index in [9.17, 15) is 9.59 Å². The maximum absolute atomic E-state index is 14.1. The largest absolute Gasteiger partial charge is 0.453 e. The Balaban J connectivity index is 1.10. The van der Waals surface area contributed by atoms with E-state index in [1.54, 1.807) is 0 Å². The fourth-order valence-electron chi connectivity index (χ4n) is 6.09. The van der Waals surface area contributed by atoms with Crippen molar-refractivity contribution in [2.45, 2.75) is 43.5 Å². The number of nitrogens with one attached hydrogen (secondary N) is 3. The molecule has 48 heavy (non-hydrogen) atoms. The zero-order chi connectivity index (χ0) is 33.1. The van der Waals surface area contributed by atoms with Crippen LogP contribution in [0.3, 0.4) is 0 Å². The van der Waals surface area contributed by atoms with Gasteiger partial charge in [0.2, 0.25) is 5.91 Å². The number of methoxy groups -OCH3 is 1. The van der Waals surface area contributed by atoms with Crippen LogP contribution in [0, 0.1) is 0 Å². The SMILES string of the molecule is COC(=O)NC(C(=O)Nc1ccccc1CCC1CNC(c2cn(Cc3ccccc3)nn2)CO1)C(c1ccccc1)c1ccccc1. The smallest absolute Gasteiger partial charge is 0.407 e. The Morgan fingerprint density at radius 2 is 1.56 bits per heavy atom. The van der Waals surface area contributed by atoms with Crippen LogP contribution in [0.5, 0.6) is 0 Å². The number of carbonyl (C=O) groups is 2. The molecule has 1 saturated heterocycles. The van der Waals surface area contributed by atoms with Gasteiger partial charge in [-0.25, -0.2) is 9.48 Å². The molecule has 1 aliphatic rings. The number of morpholine rings is 1. The number of hydrogen-bond donors (Lipinski definition) is 3. The summed E-state index contributed by atoms with van der Waals surface area (Å²) in [5, 5.41) is 18.2. The van der Waals surface area contributed by atoms with Crippen LogP contribution in [-0.2, 0) is 27.2 Å². The number of nitrogens with zero attached hydrogens (tertiary/aromatic N) is 3. The standard InChI is InChI=1S/C38H40N6O4/c1-47-38(46)41-36(35(29-16-7-3-8-17-29)30-18-9-4-10-19-30)37(45)40-32-20-12-11-15-28(32)21-22-31-23-39-34(26-48-31)33-25-44(43-42-33)24-27-13-5-2-6-14-27/h2-20,25,31,34-36,39H,21-24,26H2,1H3,(H,40,45)(H,41,46). The normalized spacial score (nSPS) is 16.6. The molecule has 10 heteroatoms. The number of anilines is 1. The molecular weight excluding hydrogens is 604 g/mol. The fraction of sp³-hybridized carbons (Fsp3) is 0.263. The van der Waals surface area contributed by atoms with Crippen molar-refractivity contribution in [2.24, 2.45) is 0 Å². The number of aryl methyl sites for hydroxylation is 1. The number of benzene rings is 4. The number of amides is 2. The summed E-state index contributed by atoms with van der Waals surface area (Å²) in [4.78, 5) is 26.6. The molecule has 0 aliphatic carbocycles. The summed E-state index contributed by atoms with van der Waals surface area (Å²) < 4.78 is 13.0. The van der Waals surface area contributed by atoms with Crippen molar-refractivity contribution in [3.8, 4) is 0 Å². The van der Waals surface area contributed by atoms with Gasteiger partial charge in [0, 0.05) is 18.2 Å². The Labute approximate surface area is 280 Å². The Morgan fingerprint density at radius 1 is 0.917 bits per heavy atom. The minimum Gasteiger partial charge on any atom is -0.453 e. The van der Waals surface area contributed by atoms with Crippen LogP contribution in [0.15, 0.2) is 121 Å². The number of rotatable bonds is 12. The van der Waals surface area contributed by atoms with Gasteiger partial charge in [0.1, 0.15) is 11.7 Å². The lowest BCUT2D eigenvalue weighted by atomic mass is 9.84. The maximum Gasteiger partial charge on any atom is 0.407 e. The van der Waals surface area contributed by atoms with E-state index < -0.39 is 18.1 Å². The van der Waals surface area contributed by atoms with Crippen molar-refractivity contribution in [2.75, 3.05) is 25.6 Å². The van der Waals surface area contributed by atoms with E-state index in [4.69, 9.17) is 9.47 Å². The van der Waals surface area contributed by atoms with Crippen LogP contribution in [0.4, 0.5) is 10.5 Å². The highest BCUT2D eigenvalue weighted by Crippen LogP contribution is 2.30. The Morgan fingerprint density at radius 3 is 2.21 bits per heavy atom. The third kappa shape index (κ3) is 8.33. The Bertz CT molecular complexity index is 1720. The maximum atomic E-state index is 14.1. The van der Waals surface area contributed by atoms with Crippen LogP contribution in [-0.4, -0.2) is 59.4 Å². The summed E-state index contributed by atoms with van der Waals surface area (Å²) in [5.41, 5.74) is 5.49. The van der Waals surface area contributed by atoms with Gasteiger partial charge in [-0.1, -0.05) is 114 Å². The summed E-state index contributed by atoms with van der Waals surface area (Å²) in [7, 11) is 1.29. The summed E-state index contributed by atoms with van der Waals surface area (Å²) in [6.45, 7) is 1.83. The molecule has 3 unspecified atom stereocenters. The van der Waals surface area contributed by atoms with Gasteiger partial charge in [-0.15, -0.1) is 5.10 Å². The number of ether oxygens (including phenoxy) is 2. The average Bonchev–Trinajstić information content (AvgIpc) is 3.60. The third-order valence-corrected chi connectivity index (χ3v) is 8.59. The van der Waals surface area contributed by atoms with Gasteiger partial charge in [-0.05, 0) is 41.2 Å². The predicted octanol–water partition coefficient (Wildman–Crippen LogP) is 5.48. The highest BCUT2D eigenvalue weighted by Gasteiger charge is 2.33. The van der Waals surface area contributed by atoms with Gasteiger partial charge in [0.25, 0.3) is 0 Å². The summed E-state index contributed by atoms with van der Waals surface area (Å²) in [6.07, 6.45) is 2.73. The zero-order valence-corrected chi connectivity index (χ0v) is 26.9. The number of aromatic nitrogens is 3. The lowest BCUT2D eigenvalue weighted by Crippen LogP contribution is -2.48. The number of carbonyl (C=O) groups excluding carboxylic acids is 2. The van der Waals surface area contributed by atoms with Crippen molar-refractivity contribution in [1.29, 1.82) is 0 Å². The summed E-state index contributed by atoms with van der Waals surface area (Å²) in [5.74, 6) is -0.794. The van der Waals surface area contributed by atoms with E-state index in [0.717, 1.165) is 28.8 Å². The van der Waals surface area contributed by atoms with Gasteiger partial charge < -0.3 is 25.4 Å². The highest BCUT2D eigenvalue weighted by atomic mass is 16.5. The third-order valence-electron chi connectivity index (χ3n) is 8.59. The first kappa shape index (κ1) is 32.6. The lowest BCUT2D eigenvalue weighted by molar-refractivity contribution is -0.118. The monoisotopic (exact) mass is 644 g/mol. The molecule has 3 atom stereocenters. The molecule has 0 saturated carbocycles. The first-order chi connectivity index (χ1) is 23.6. The van der Waals surface area contributed by atoms with E-state index in [0.29, 0.717) is 31.8 Å².